The number of carboxylic acid groups (broad SMARTS) is 1. The van der Waals surface area contributed by atoms with Gasteiger partial charge in [-0.15, -0.1) is 0 Å². The largest absolute Gasteiger partial charge is 0.481 e. The third-order valence-electron chi connectivity index (χ3n) is 2.42. The molecule has 0 saturated heterocycles. The van der Waals surface area contributed by atoms with Crippen LogP contribution in [0.15, 0.2) is 23.0 Å². The molecule has 0 radical (unpaired) electrons. The maximum Gasteiger partial charge on any atom is 0.305 e. The second-order valence-corrected chi connectivity index (χ2v) is 3.98. The Morgan fingerprint density at radius 1 is 1.50 bits per heavy atom. The Balaban J connectivity index is 2.58. The number of hydrogen-bond acceptors (Lipinski definition) is 3. The van der Waals surface area contributed by atoms with E-state index in [1.807, 2.05) is 0 Å². The van der Waals surface area contributed by atoms with Crippen LogP contribution in [0.25, 0.3) is 10.9 Å². The number of hydrogen-bond donors (Lipinski definition) is 1. The van der Waals surface area contributed by atoms with Crippen LogP contribution in [0.4, 0.5) is 4.39 Å². The van der Waals surface area contributed by atoms with E-state index in [0.717, 1.165) is 16.7 Å². The molecule has 7 heteroatoms. The molecule has 0 aliphatic rings. The monoisotopic (exact) mass is 270 g/mol. The first kappa shape index (κ1) is 12.5. The van der Waals surface area contributed by atoms with Gasteiger partial charge in [0.2, 0.25) is 5.28 Å². The van der Waals surface area contributed by atoms with Gasteiger partial charge >= 0.3 is 5.97 Å². The highest BCUT2D eigenvalue weighted by molar-refractivity contribution is 6.28. The van der Waals surface area contributed by atoms with E-state index < -0.39 is 17.3 Å². The Hall–Kier alpha value is -1.95. The molecule has 94 valence electrons. The number of aromatic nitrogens is 2. The summed E-state index contributed by atoms with van der Waals surface area (Å²) in [6.07, 6.45) is -0.242. The summed E-state index contributed by atoms with van der Waals surface area (Å²) < 4.78 is 14.0. The smallest absolute Gasteiger partial charge is 0.305 e. The van der Waals surface area contributed by atoms with E-state index in [1.54, 1.807) is 0 Å². The summed E-state index contributed by atoms with van der Waals surface area (Å²) in [4.78, 5) is 26.3. The lowest BCUT2D eigenvalue weighted by atomic mass is 10.2. The third kappa shape index (κ3) is 2.33. The standard InChI is InChI=1S/C11H8ClFN2O3/c12-11-14-8-5-6(13)1-2-7(8)10(18)15(11)4-3-9(16)17/h1-2,5H,3-4H2,(H,16,17). The van der Waals surface area contributed by atoms with Gasteiger partial charge in [0.25, 0.3) is 5.56 Å². The van der Waals surface area contributed by atoms with E-state index in [0.29, 0.717) is 0 Å². The van der Waals surface area contributed by atoms with Crippen LogP contribution >= 0.6 is 11.6 Å². The molecular weight excluding hydrogens is 263 g/mol. The molecule has 0 saturated carbocycles. The first-order valence-electron chi connectivity index (χ1n) is 5.06. The van der Waals surface area contributed by atoms with Crippen LogP contribution in [-0.4, -0.2) is 20.6 Å². The Kier molecular flexibility index (Phi) is 3.29. The minimum atomic E-state index is -1.04. The molecule has 2 aromatic rings. The first-order valence-corrected chi connectivity index (χ1v) is 5.44. The molecule has 0 bridgehead atoms. The molecule has 0 atom stereocenters. The van der Waals surface area contributed by atoms with Crippen LogP contribution in [-0.2, 0) is 11.3 Å². The molecule has 0 aliphatic carbocycles. The molecule has 0 amide bonds. The molecule has 1 aromatic carbocycles. The second-order valence-electron chi connectivity index (χ2n) is 3.64. The van der Waals surface area contributed by atoms with Crippen molar-refractivity contribution in [3.05, 3.63) is 39.7 Å². The van der Waals surface area contributed by atoms with Gasteiger partial charge < -0.3 is 5.11 Å². The van der Waals surface area contributed by atoms with Gasteiger partial charge in [-0.2, -0.15) is 0 Å². The summed E-state index contributed by atoms with van der Waals surface area (Å²) >= 11 is 5.78. The molecule has 1 heterocycles. The summed E-state index contributed by atoms with van der Waals surface area (Å²) in [5, 5.41) is 8.62. The van der Waals surface area contributed by atoms with Gasteiger partial charge in [-0.3, -0.25) is 14.2 Å². The van der Waals surface area contributed by atoms with Crippen molar-refractivity contribution >= 4 is 28.5 Å². The third-order valence-corrected chi connectivity index (χ3v) is 2.71. The van der Waals surface area contributed by atoms with Gasteiger partial charge in [0.15, 0.2) is 0 Å². The topological polar surface area (TPSA) is 72.2 Å². The molecule has 0 aliphatic heterocycles. The fourth-order valence-corrected chi connectivity index (χ4v) is 1.82. The summed E-state index contributed by atoms with van der Waals surface area (Å²) in [5.74, 6) is -1.56. The molecule has 1 N–H and O–H groups in total. The molecule has 0 unspecified atom stereocenters. The quantitative estimate of drug-likeness (QED) is 0.861. The van der Waals surface area contributed by atoms with E-state index >= 15 is 0 Å². The minimum Gasteiger partial charge on any atom is -0.481 e. The van der Waals surface area contributed by atoms with Crippen molar-refractivity contribution in [2.24, 2.45) is 0 Å². The number of carbonyl (C=O) groups is 1. The SMILES string of the molecule is O=C(O)CCn1c(Cl)nc2cc(F)ccc2c1=O. The van der Waals surface area contributed by atoms with Gasteiger partial charge in [-0.05, 0) is 23.7 Å². The van der Waals surface area contributed by atoms with Gasteiger partial charge in [-0.1, -0.05) is 0 Å². The molecule has 0 spiro atoms. The lowest BCUT2D eigenvalue weighted by Crippen LogP contribution is -2.23. The molecule has 1 aromatic heterocycles. The van der Waals surface area contributed by atoms with Gasteiger partial charge in [-0.25, -0.2) is 9.37 Å². The number of nitrogens with zero attached hydrogens (tertiary/aromatic N) is 2. The zero-order valence-corrected chi connectivity index (χ0v) is 9.82. The number of fused-ring (bicyclic) bond motifs is 1. The Morgan fingerprint density at radius 3 is 2.89 bits per heavy atom. The van der Waals surface area contributed by atoms with Crippen LogP contribution in [0.3, 0.4) is 0 Å². The van der Waals surface area contributed by atoms with Crippen LogP contribution in [0.2, 0.25) is 5.28 Å². The van der Waals surface area contributed by atoms with E-state index in [4.69, 9.17) is 16.7 Å². The number of rotatable bonds is 3. The van der Waals surface area contributed by atoms with Crippen LogP contribution in [0.1, 0.15) is 6.42 Å². The Morgan fingerprint density at radius 2 is 2.22 bits per heavy atom. The van der Waals surface area contributed by atoms with Crippen molar-refractivity contribution in [2.75, 3.05) is 0 Å². The van der Waals surface area contributed by atoms with Crippen molar-refractivity contribution < 1.29 is 14.3 Å². The minimum absolute atomic E-state index is 0.0761. The average Bonchev–Trinajstić information content (AvgIpc) is 2.27. The normalized spacial score (nSPS) is 10.8. The predicted molar refractivity (Wildman–Crippen MR) is 63.2 cm³/mol. The lowest BCUT2D eigenvalue weighted by Gasteiger charge is -2.07. The highest BCUT2D eigenvalue weighted by Crippen LogP contribution is 2.13. The van der Waals surface area contributed by atoms with Crippen LogP contribution in [0.5, 0.6) is 0 Å². The maximum atomic E-state index is 13.0. The highest BCUT2D eigenvalue weighted by Gasteiger charge is 2.11. The molecule has 5 nitrogen and oxygen atoms in total. The highest BCUT2D eigenvalue weighted by atomic mass is 35.5. The van der Waals surface area contributed by atoms with Gasteiger partial charge in [0.1, 0.15) is 5.82 Å². The number of carboxylic acids is 1. The van der Waals surface area contributed by atoms with Crippen molar-refractivity contribution in [3.8, 4) is 0 Å². The maximum absolute atomic E-state index is 13.0. The van der Waals surface area contributed by atoms with E-state index in [1.165, 1.54) is 6.07 Å². The fourth-order valence-electron chi connectivity index (χ4n) is 1.57. The lowest BCUT2D eigenvalue weighted by molar-refractivity contribution is -0.137. The van der Waals surface area contributed by atoms with E-state index in [2.05, 4.69) is 4.98 Å². The molecule has 18 heavy (non-hydrogen) atoms. The molecule has 0 fully saturated rings. The van der Waals surface area contributed by atoms with Gasteiger partial charge in [0, 0.05) is 12.6 Å². The molecular formula is C11H8ClFN2O3. The summed E-state index contributed by atoms with van der Waals surface area (Å²) in [6, 6.07) is 3.54. The Labute approximate surface area is 105 Å². The average molecular weight is 271 g/mol. The summed E-state index contributed by atoms with van der Waals surface area (Å²) in [7, 11) is 0. The zero-order valence-electron chi connectivity index (χ0n) is 9.06. The zero-order chi connectivity index (χ0) is 13.3. The molecule has 2 rings (SSSR count). The van der Waals surface area contributed by atoms with Gasteiger partial charge in [0.05, 0.1) is 17.3 Å². The van der Waals surface area contributed by atoms with E-state index in [9.17, 15) is 14.0 Å². The fraction of sp³-hybridized carbons (Fsp3) is 0.182. The number of aliphatic carboxylic acids is 1. The predicted octanol–water partition coefficient (Wildman–Crippen LogP) is 1.66. The van der Waals surface area contributed by atoms with Crippen LogP contribution in [0, 0.1) is 5.82 Å². The van der Waals surface area contributed by atoms with Crippen molar-refractivity contribution in [1.29, 1.82) is 0 Å². The Bertz CT molecular complexity index is 684. The van der Waals surface area contributed by atoms with Crippen molar-refractivity contribution in [3.63, 3.8) is 0 Å². The second kappa shape index (κ2) is 4.73. The summed E-state index contributed by atoms with van der Waals surface area (Å²) in [6.45, 7) is -0.0761. The summed E-state index contributed by atoms with van der Waals surface area (Å²) in [5.41, 5.74) is -0.331. The van der Waals surface area contributed by atoms with E-state index in [-0.39, 0.29) is 29.2 Å². The van der Waals surface area contributed by atoms with Crippen LogP contribution < -0.4 is 5.56 Å². The van der Waals surface area contributed by atoms with Crippen molar-refractivity contribution in [2.45, 2.75) is 13.0 Å². The van der Waals surface area contributed by atoms with Crippen molar-refractivity contribution in [1.82, 2.24) is 9.55 Å². The number of halogens is 2. The first-order chi connectivity index (χ1) is 8.49. The number of benzene rings is 1.